The van der Waals surface area contributed by atoms with E-state index in [2.05, 4.69) is 4.90 Å². The van der Waals surface area contributed by atoms with E-state index in [-0.39, 0.29) is 11.8 Å². The smallest absolute Gasteiger partial charge is 0.261 e. The normalized spacial score (nSPS) is 17.5. The molecule has 2 heterocycles. The third-order valence-corrected chi connectivity index (χ3v) is 6.57. The van der Waals surface area contributed by atoms with Crippen LogP contribution in [0.1, 0.15) is 45.5 Å². The van der Waals surface area contributed by atoms with Gasteiger partial charge in [-0.3, -0.25) is 14.5 Å². The van der Waals surface area contributed by atoms with Gasteiger partial charge >= 0.3 is 0 Å². The Hall–Kier alpha value is -2.37. The van der Waals surface area contributed by atoms with E-state index < -0.39 is 0 Å². The highest BCUT2D eigenvalue weighted by molar-refractivity contribution is 6.31. The number of rotatable bonds is 7. The van der Waals surface area contributed by atoms with Crippen molar-refractivity contribution in [3.05, 3.63) is 64.2 Å². The van der Waals surface area contributed by atoms with Crippen LogP contribution >= 0.6 is 11.6 Å². The van der Waals surface area contributed by atoms with Gasteiger partial charge in [0.25, 0.3) is 11.8 Å². The van der Waals surface area contributed by atoms with Crippen molar-refractivity contribution in [2.24, 2.45) is 5.92 Å². The summed E-state index contributed by atoms with van der Waals surface area (Å²) in [7, 11) is 1.67. The maximum atomic E-state index is 12.5. The summed E-state index contributed by atoms with van der Waals surface area (Å²) in [5, 5.41) is 0.805. The third kappa shape index (κ3) is 4.37. The highest BCUT2D eigenvalue weighted by Gasteiger charge is 2.34. The standard InChI is InChI=1S/C24H27ClN2O3/c1-30-19-7-8-22(25)18(16-19)15-17-9-13-26(14-10-17)11-4-12-27-23(28)20-5-2-3-6-21(20)24(27)29/h2-3,5-8,16-17H,4,9-15H2,1H3. The molecule has 2 aromatic carbocycles. The molecule has 1 fully saturated rings. The van der Waals surface area contributed by atoms with Crippen molar-refractivity contribution in [3.8, 4) is 5.75 Å². The molecule has 2 aliphatic heterocycles. The minimum Gasteiger partial charge on any atom is -0.497 e. The van der Waals surface area contributed by atoms with Gasteiger partial charge in [-0.05, 0) is 87.1 Å². The van der Waals surface area contributed by atoms with Crippen LogP contribution in [0.3, 0.4) is 0 Å². The molecule has 30 heavy (non-hydrogen) atoms. The second-order valence-corrected chi connectivity index (χ2v) is 8.51. The molecule has 0 unspecified atom stereocenters. The molecule has 0 spiro atoms. The van der Waals surface area contributed by atoms with Crippen LogP contribution in [-0.2, 0) is 6.42 Å². The Morgan fingerprint density at radius 1 is 1.00 bits per heavy atom. The predicted octanol–water partition coefficient (Wildman–Crippen LogP) is 4.29. The van der Waals surface area contributed by atoms with E-state index in [9.17, 15) is 9.59 Å². The van der Waals surface area contributed by atoms with E-state index in [1.165, 1.54) is 4.90 Å². The highest BCUT2D eigenvalue weighted by atomic mass is 35.5. The number of fused-ring (bicyclic) bond motifs is 1. The van der Waals surface area contributed by atoms with E-state index in [4.69, 9.17) is 16.3 Å². The lowest BCUT2D eigenvalue weighted by atomic mass is 9.90. The van der Waals surface area contributed by atoms with Gasteiger partial charge in [-0.1, -0.05) is 23.7 Å². The maximum Gasteiger partial charge on any atom is 0.261 e. The summed E-state index contributed by atoms with van der Waals surface area (Å²) < 4.78 is 5.32. The first kappa shape index (κ1) is 20.9. The monoisotopic (exact) mass is 426 g/mol. The van der Waals surface area contributed by atoms with Gasteiger partial charge in [0, 0.05) is 11.6 Å². The van der Waals surface area contributed by atoms with Gasteiger partial charge in [-0.25, -0.2) is 0 Å². The molecule has 2 amide bonds. The lowest BCUT2D eigenvalue weighted by Crippen LogP contribution is -2.37. The van der Waals surface area contributed by atoms with Crippen LogP contribution in [0.4, 0.5) is 0 Å². The highest BCUT2D eigenvalue weighted by Crippen LogP contribution is 2.28. The molecular weight excluding hydrogens is 400 g/mol. The van der Waals surface area contributed by atoms with Crippen molar-refractivity contribution < 1.29 is 14.3 Å². The molecule has 0 atom stereocenters. The Bertz CT molecular complexity index is 903. The number of hydrogen-bond acceptors (Lipinski definition) is 4. The summed E-state index contributed by atoms with van der Waals surface area (Å²) in [6, 6.07) is 12.9. The number of hydrogen-bond donors (Lipinski definition) is 0. The zero-order valence-electron chi connectivity index (χ0n) is 17.3. The second-order valence-electron chi connectivity index (χ2n) is 8.11. The Morgan fingerprint density at radius 2 is 1.67 bits per heavy atom. The SMILES string of the molecule is COc1ccc(Cl)c(CC2CCN(CCCN3C(=O)c4ccccc4C3=O)CC2)c1. The molecule has 158 valence electrons. The maximum absolute atomic E-state index is 12.5. The first-order chi connectivity index (χ1) is 14.6. The van der Waals surface area contributed by atoms with Crippen LogP contribution < -0.4 is 4.74 Å². The molecule has 0 N–H and O–H groups in total. The molecule has 0 saturated carbocycles. The van der Waals surface area contributed by atoms with Crippen LogP contribution in [-0.4, -0.2) is 54.9 Å². The Balaban J connectivity index is 1.23. The number of halogens is 1. The fourth-order valence-electron chi connectivity index (χ4n) is 4.45. The van der Waals surface area contributed by atoms with Crippen LogP contribution in [0, 0.1) is 5.92 Å². The Labute approximate surface area is 182 Å². The number of carbonyl (C=O) groups excluding carboxylic acids is 2. The summed E-state index contributed by atoms with van der Waals surface area (Å²) in [6.07, 6.45) is 4.03. The predicted molar refractivity (Wildman–Crippen MR) is 117 cm³/mol. The minimum absolute atomic E-state index is 0.163. The van der Waals surface area contributed by atoms with Gasteiger partial charge in [-0.15, -0.1) is 0 Å². The molecule has 2 aromatic rings. The molecule has 2 aliphatic rings. The topological polar surface area (TPSA) is 49.9 Å². The molecule has 5 nitrogen and oxygen atoms in total. The quantitative estimate of drug-likeness (QED) is 0.620. The number of benzene rings is 2. The molecule has 0 radical (unpaired) electrons. The van der Waals surface area contributed by atoms with E-state index in [1.807, 2.05) is 18.2 Å². The van der Waals surface area contributed by atoms with Crippen molar-refractivity contribution in [1.29, 1.82) is 0 Å². The number of methoxy groups -OCH3 is 1. The van der Waals surface area contributed by atoms with Crippen molar-refractivity contribution in [2.45, 2.75) is 25.7 Å². The van der Waals surface area contributed by atoms with Gasteiger partial charge < -0.3 is 9.64 Å². The van der Waals surface area contributed by atoms with Gasteiger partial charge in [0.15, 0.2) is 0 Å². The van der Waals surface area contributed by atoms with Crippen molar-refractivity contribution in [1.82, 2.24) is 9.80 Å². The fourth-order valence-corrected chi connectivity index (χ4v) is 4.65. The fraction of sp³-hybridized carbons (Fsp3) is 0.417. The van der Waals surface area contributed by atoms with E-state index >= 15 is 0 Å². The second kappa shape index (κ2) is 9.19. The average molecular weight is 427 g/mol. The lowest BCUT2D eigenvalue weighted by Gasteiger charge is -2.32. The molecule has 6 heteroatoms. The van der Waals surface area contributed by atoms with Crippen molar-refractivity contribution >= 4 is 23.4 Å². The van der Waals surface area contributed by atoms with Crippen LogP contribution in [0.2, 0.25) is 5.02 Å². The van der Waals surface area contributed by atoms with Gasteiger partial charge in [0.1, 0.15) is 5.75 Å². The molecule has 0 aromatic heterocycles. The van der Waals surface area contributed by atoms with Crippen molar-refractivity contribution in [2.75, 3.05) is 33.3 Å². The number of piperidine rings is 1. The van der Waals surface area contributed by atoms with Crippen LogP contribution in [0.25, 0.3) is 0 Å². The Kier molecular flexibility index (Phi) is 6.40. The molecule has 0 aliphatic carbocycles. The first-order valence-corrected chi connectivity index (χ1v) is 10.9. The van der Waals surface area contributed by atoms with Crippen LogP contribution in [0.15, 0.2) is 42.5 Å². The summed E-state index contributed by atoms with van der Waals surface area (Å²) >= 11 is 6.36. The van der Waals surface area contributed by atoms with Crippen molar-refractivity contribution in [3.63, 3.8) is 0 Å². The first-order valence-electron chi connectivity index (χ1n) is 10.6. The van der Waals surface area contributed by atoms with E-state index in [1.54, 1.807) is 31.4 Å². The number of imide groups is 1. The number of amides is 2. The largest absolute Gasteiger partial charge is 0.497 e. The van der Waals surface area contributed by atoms with E-state index in [0.717, 1.165) is 61.7 Å². The molecular formula is C24H27ClN2O3. The summed E-state index contributed by atoms with van der Waals surface area (Å²) in [4.78, 5) is 28.7. The zero-order chi connectivity index (χ0) is 21.1. The lowest BCUT2D eigenvalue weighted by molar-refractivity contribution is 0.0644. The van der Waals surface area contributed by atoms with Gasteiger partial charge in [-0.2, -0.15) is 0 Å². The number of nitrogens with zero attached hydrogens (tertiary/aromatic N) is 2. The number of ether oxygens (including phenoxy) is 1. The minimum atomic E-state index is -0.163. The molecule has 4 rings (SSSR count). The number of likely N-dealkylation sites (tertiary alicyclic amines) is 1. The summed E-state index contributed by atoms with van der Waals surface area (Å²) in [6.45, 7) is 3.45. The Morgan fingerprint density at radius 3 is 2.30 bits per heavy atom. The van der Waals surface area contributed by atoms with Gasteiger partial charge in [0.05, 0.1) is 18.2 Å². The zero-order valence-corrected chi connectivity index (χ0v) is 18.0. The van der Waals surface area contributed by atoms with Gasteiger partial charge in [0.2, 0.25) is 0 Å². The molecule has 0 bridgehead atoms. The average Bonchev–Trinajstić information content (AvgIpc) is 3.01. The van der Waals surface area contributed by atoms with Crippen LogP contribution in [0.5, 0.6) is 5.75 Å². The molecule has 1 saturated heterocycles. The summed E-state index contributed by atoms with van der Waals surface area (Å²) in [5.41, 5.74) is 2.21. The third-order valence-electron chi connectivity index (χ3n) is 6.20. The summed E-state index contributed by atoms with van der Waals surface area (Å²) in [5.74, 6) is 1.14. The van der Waals surface area contributed by atoms with E-state index in [0.29, 0.717) is 23.6 Å². The number of carbonyl (C=O) groups is 2.